The molecule has 0 aliphatic carbocycles. The molecule has 0 saturated carbocycles. The lowest BCUT2D eigenvalue weighted by molar-refractivity contribution is -0.129. The quantitative estimate of drug-likeness (QED) is 0.231. The van der Waals surface area contributed by atoms with Gasteiger partial charge in [-0.2, -0.15) is 0 Å². The number of halogens is 1. The molecule has 0 aromatic heterocycles. The van der Waals surface area contributed by atoms with E-state index in [4.69, 9.17) is 16.8 Å². The van der Waals surface area contributed by atoms with Crippen LogP contribution >= 0.6 is 11.6 Å². The zero-order valence-corrected chi connectivity index (χ0v) is 19.7. The van der Waals surface area contributed by atoms with Gasteiger partial charge in [0.25, 0.3) is 0 Å². The van der Waals surface area contributed by atoms with Gasteiger partial charge in [-0.3, -0.25) is 14.9 Å². The number of amides is 3. The summed E-state index contributed by atoms with van der Waals surface area (Å²) >= 11 is 5.96. The van der Waals surface area contributed by atoms with E-state index in [1.807, 2.05) is 12.1 Å². The van der Waals surface area contributed by atoms with Gasteiger partial charge >= 0.3 is 6.03 Å². The smallest absolute Gasteiger partial charge is 0.326 e. The molecule has 0 radical (unpaired) electrons. The molecule has 0 bridgehead atoms. The first-order valence-corrected chi connectivity index (χ1v) is 12.1. The normalized spacial score (nSPS) is 13.5. The number of piperidine rings is 1. The van der Waals surface area contributed by atoms with Gasteiger partial charge in [-0.1, -0.05) is 24.4 Å². The zero-order chi connectivity index (χ0) is 23.5. The summed E-state index contributed by atoms with van der Waals surface area (Å²) in [6.45, 7) is 2.72. The molecule has 7 nitrogen and oxygen atoms in total. The molecule has 3 amide bonds. The summed E-state index contributed by atoms with van der Waals surface area (Å²) in [5, 5.41) is 12.2. The van der Waals surface area contributed by atoms with Gasteiger partial charge in [0.05, 0.1) is 0 Å². The number of rotatable bonds is 10. The molecule has 1 heterocycles. The number of hydrogen-bond acceptors (Lipinski definition) is 4. The average molecular weight is 473 g/mol. The fraction of sp³-hybridized carbons (Fsp3) is 0.440. The number of carbonyl (C=O) groups is 2. The van der Waals surface area contributed by atoms with Gasteiger partial charge < -0.3 is 10.2 Å². The highest BCUT2D eigenvalue weighted by atomic mass is 35.5. The van der Waals surface area contributed by atoms with Crippen molar-refractivity contribution >= 4 is 40.6 Å². The maximum Gasteiger partial charge on any atom is 0.326 e. The lowest BCUT2D eigenvalue weighted by atomic mass is 10.1. The highest BCUT2D eigenvalue weighted by Crippen LogP contribution is 2.25. The summed E-state index contributed by atoms with van der Waals surface area (Å²) < 4.78 is 0. The maximum absolute atomic E-state index is 13.1. The Labute approximate surface area is 200 Å². The topological polar surface area (TPSA) is 84.9 Å². The Morgan fingerprint density at radius 1 is 0.909 bits per heavy atom. The Hall–Kier alpha value is -2.77. The standard InChI is InChI=1S/C25H33ClN4O3/c26-20-9-11-21(12-10-20)27-25(32)30(19-7-2-1-4-8-24(31)28-33)23-15-13-22(14-16-23)29-17-5-3-6-18-29/h9-16,33H,1-8,17-19H2,(H,27,32)(H,28,31). The van der Waals surface area contributed by atoms with Gasteiger partial charge in [0.2, 0.25) is 5.91 Å². The molecule has 0 spiro atoms. The van der Waals surface area contributed by atoms with E-state index in [1.54, 1.807) is 34.6 Å². The Morgan fingerprint density at radius 2 is 1.58 bits per heavy atom. The Kier molecular flexibility index (Phi) is 9.84. The van der Waals surface area contributed by atoms with E-state index < -0.39 is 0 Å². The molecule has 1 fully saturated rings. The number of hydroxylamine groups is 1. The highest BCUT2D eigenvalue weighted by Gasteiger charge is 2.17. The third-order valence-corrected chi connectivity index (χ3v) is 6.14. The molecular weight excluding hydrogens is 440 g/mol. The minimum Gasteiger partial charge on any atom is -0.372 e. The number of benzene rings is 2. The molecule has 0 atom stereocenters. The summed E-state index contributed by atoms with van der Waals surface area (Å²) in [7, 11) is 0. The minimum absolute atomic E-state index is 0.192. The Balaban J connectivity index is 1.63. The van der Waals surface area contributed by atoms with E-state index in [2.05, 4.69) is 22.3 Å². The molecule has 3 N–H and O–H groups in total. The SMILES string of the molecule is O=C(CCCCCCN(C(=O)Nc1ccc(Cl)cc1)c1ccc(N2CCCCC2)cc1)NO. The number of urea groups is 1. The first-order chi connectivity index (χ1) is 16.1. The van der Waals surface area contributed by atoms with E-state index in [1.165, 1.54) is 24.9 Å². The van der Waals surface area contributed by atoms with Crippen LogP contribution in [0.3, 0.4) is 0 Å². The van der Waals surface area contributed by atoms with Gasteiger partial charge in [0.15, 0.2) is 0 Å². The van der Waals surface area contributed by atoms with Gasteiger partial charge in [-0.25, -0.2) is 10.3 Å². The van der Waals surface area contributed by atoms with Gasteiger partial charge in [0, 0.05) is 48.1 Å². The lowest BCUT2D eigenvalue weighted by Crippen LogP contribution is -2.36. The molecule has 33 heavy (non-hydrogen) atoms. The molecule has 1 saturated heterocycles. The fourth-order valence-electron chi connectivity index (χ4n) is 4.03. The summed E-state index contributed by atoms with van der Waals surface area (Å²) in [6.07, 6.45) is 7.28. The zero-order valence-electron chi connectivity index (χ0n) is 18.9. The molecular formula is C25H33ClN4O3. The van der Waals surface area contributed by atoms with Crippen molar-refractivity contribution in [2.45, 2.75) is 51.4 Å². The predicted octanol–water partition coefficient (Wildman–Crippen LogP) is 5.82. The first-order valence-electron chi connectivity index (χ1n) is 11.7. The molecule has 1 aliphatic heterocycles. The molecule has 0 unspecified atom stereocenters. The number of nitrogens with one attached hydrogen (secondary N) is 2. The third kappa shape index (κ3) is 7.94. The maximum atomic E-state index is 13.1. The van der Waals surface area contributed by atoms with Crippen LogP contribution in [0.1, 0.15) is 51.4 Å². The van der Waals surface area contributed by atoms with Crippen LogP contribution in [-0.4, -0.2) is 36.8 Å². The van der Waals surface area contributed by atoms with Crippen molar-refractivity contribution in [3.8, 4) is 0 Å². The van der Waals surface area contributed by atoms with Crippen LogP contribution in [0, 0.1) is 0 Å². The summed E-state index contributed by atoms with van der Waals surface area (Å²) in [4.78, 5) is 28.4. The van der Waals surface area contributed by atoms with Crippen molar-refractivity contribution in [3.05, 3.63) is 53.6 Å². The van der Waals surface area contributed by atoms with Crippen molar-refractivity contribution in [3.63, 3.8) is 0 Å². The number of carbonyl (C=O) groups excluding carboxylic acids is 2. The number of hydrogen-bond donors (Lipinski definition) is 3. The first kappa shape index (κ1) is 24.9. The molecule has 8 heteroatoms. The summed E-state index contributed by atoms with van der Waals surface area (Å²) in [5.41, 5.74) is 4.38. The van der Waals surface area contributed by atoms with E-state index in [9.17, 15) is 9.59 Å². The molecule has 178 valence electrons. The van der Waals surface area contributed by atoms with E-state index in [0.29, 0.717) is 30.1 Å². The van der Waals surface area contributed by atoms with Crippen LogP contribution in [-0.2, 0) is 4.79 Å². The van der Waals surface area contributed by atoms with Gasteiger partial charge in [-0.15, -0.1) is 0 Å². The van der Waals surface area contributed by atoms with E-state index >= 15 is 0 Å². The van der Waals surface area contributed by atoms with Crippen LogP contribution in [0.2, 0.25) is 5.02 Å². The van der Waals surface area contributed by atoms with Gasteiger partial charge in [-0.05, 0) is 80.6 Å². The predicted molar refractivity (Wildman–Crippen MR) is 133 cm³/mol. The molecule has 2 aromatic carbocycles. The largest absolute Gasteiger partial charge is 0.372 e. The second kappa shape index (κ2) is 13.1. The second-order valence-electron chi connectivity index (χ2n) is 8.35. The number of nitrogens with zero attached hydrogens (tertiary/aromatic N) is 2. The summed E-state index contributed by atoms with van der Waals surface area (Å²) in [6, 6.07) is 15.1. The number of unbranched alkanes of at least 4 members (excludes halogenated alkanes) is 3. The fourth-order valence-corrected chi connectivity index (χ4v) is 4.16. The van der Waals surface area contributed by atoms with Crippen molar-refractivity contribution in [2.24, 2.45) is 0 Å². The van der Waals surface area contributed by atoms with Crippen LogP contribution in [0.4, 0.5) is 21.9 Å². The second-order valence-corrected chi connectivity index (χ2v) is 8.79. The van der Waals surface area contributed by atoms with Crippen molar-refractivity contribution < 1.29 is 14.8 Å². The van der Waals surface area contributed by atoms with Crippen molar-refractivity contribution in [1.29, 1.82) is 0 Å². The minimum atomic E-state index is -0.368. The Morgan fingerprint density at radius 3 is 2.24 bits per heavy atom. The molecule has 1 aliphatic rings. The van der Waals surface area contributed by atoms with Crippen LogP contribution in [0.15, 0.2) is 48.5 Å². The molecule has 3 rings (SSSR count). The molecule has 2 aromatic rings. The lowest BCUT2D eigenvalue weighted by Gasteiger charge is -2.29. The summed E-state index contributed by atoms with van der Waals surface area (Å²) in [5.74, 6) is -0.368. The third-order valence-electron chi connectivity index (χ3n) is 5.88. The van der Waals surface area contributed by atoms with Crippen LogP contribution in [0.5, 0.6) is 0 Å². The van der Waals surface area contributed by atoms with Crippen molar-refractivity contribution in [2.75, 3.05) is 34.8 Å². The highest BCUT2D eigenvalue weighted by molar-refractivity contribution is 6.30. The monoisotopic (exact) mass is 472 g/mol. The van der Waals surface area contributed by atoms with Gasteiger partial charge in [0.1, 0.15) is 0 Å². The average Bonchev–Trinajstić information content (AvgIpc) is 2.85. The van der Waals surface area contributed by atoms with E-state index in [0.717, 1.165) is 38.0 Å². The number of anilines is 3. The van der Waals surface area contributed by atoms with Crippen LogP contribution < -0.4 is 20.6 Å². The van der Waals surface area contributed by atoms with E-state index in [-0.39, 0.29) is 11.9 Å². The van der Waals surface area contributed by atoms with Crippen LogP contribution in [0.25, 0.3) is 0 Å². The Bertz CT molecular complexity index is 884. The van der Waals surface area contributed by atoms with Crippen molar-refractivity contribution in [1.82, 2.24) is 5.48 Å².